The van der Waals surface area contributed by atoms with Gasteiger partial charge in [-0.3, -0.25) is 4.79 Å². The molecule has 4 nitrogen and oxygen atoms in total. The van der Waals surface area contributed by atoms with Gasteiger partial charge in [0.25, 0.3) is 5.91 Å². The van der Waals surface area contributed by atoms with E-state index in [1.807, 2.05) is 24.3 Å². The number of nitrogens with one attached hydrogen (secondary N) is 2. The second kappa shape index (κ2) is 5.42. The number of amides is 1. The van der Waals surface area contributed by atoms with Crippen molar-refractivity contribution in [3.63, 3.8) is 0 Å². The molecule has 1 aliphatic heterocycles. The lowest BCUT2D eigenvalue weighted by Crippen LogP contribution is -2.48. The fourth-order valence-corrected chi connectivity index (χ4v) is 1.91. The molecule has 0 unspecified atom stereocenters. The summed E-state index contributed by atoms with van der Waals surface area (Å²) in [6.45, 7) is 2.68. The number of halogens is 1. The molecule has 0 aliphatic carbocycles. The number of benzene rings is 1. The number of carbonyl (C=O) groups is 1. The van der Waals surface area contributed by atoms with Crippen LogP contribution in [0.1, 0.15) is 10.6 Å². The van der Waals surface area contributed by atoms with Gasteiger partial charge in [0, 0.05) is 30.9 Å². The Balaban J connectivity index is 0.00000120. The molecule has 96 valence electrons. The highest BCUT2D eigenvalue weighted by molar-refractivity contribution is 5.96. The molecule has 1 fully saturated rings. The van der Waals surface area contributed by atoms with Crippen LogP contribution in [-0.2, 0) is 0 Å². The molecular formula is C13H15ClN2O2. The lowest BCUT2D eigenvalue weighted by molar-refractivity contribution is 0.0916. The van der Waals surface area contributed by atoms with Gasteiger partial charge in [0.1, 0.15) is 5.58 Å². The summed E-state index contributed by atoms with van der Waals surface area (Å²) in [5, 5.41) is 7.02. The molecule has 5 heteroatoms. The summed E-state index contributed by atoms with van der Waals surface area (Å²) in [6, 6.07) is 9.41. The van der Waals surface area contributed by atoms with Crippen LogP contribution in [0.15, 0.2) is 34.7 Å². The largest absolute Gasteiger partial charge is 0.451 e. The first-order chi connectivity index (χ1) is 8.33. The number of rotatable bonds is 3. The van der Waals surface area contributed by atoms with E-state index in [4.69, 9.17) is 4.42 Å². The van der Waals surface area contributed by atoms with Crippen molar-refractivity contribution in [2.24, 2.45) is 5.92 Å². The number of hydrogen-bond acceptors (Lipinski definition) is 3. The molecule has 3 rings (SSSR count). The Bertz CT molecular complexity index is 516. The Morgan fingerprint density at radius 3 is 2.83 bits per heavy atom. The van der Waals surface area contributed by atoms with E-state index in [0.717, 1.165) is 24.1 Å². The molecule has 2 aromatic rings. The molecule has 1 amide bonds. The molecule has 18 heavy (non-hydrogen) atoms. The number of carbonyl (C=O) groups excluding carboxylic acids is 1. The molecular weight excluding hydrogens is 252 g/mol. The quantitative estimate of drug-likeness (QED) is 0.891. The fourth-order valence-electron chi connectivity index (χ4n) is 1.91. The summed E-state index contributed by atoms with van der Waals surface area (Å²) < 4.78 is 5.49. The number of hydrogen-bond donors (Lipinski definition) is 2. The van der Waals surface area contributed by atoms with Crippen molar-refractivity contribution in [2.75, 3.05) is 19.6 Å². The van der Waals surface area contributed by atoms with Crippen LogP contribution < -0.4 is 10.6 Å². The number of para-hydroxylation sites is 1. The first kappa shape index (κ1) is 12.9. The van der Waals surface area contributed by atoms with Crippen LogP contribution in [0.3, 0.4) is 0 Å². The van der Waals surface area contributed by atoms with Gasteiger partial charge in [0.2, 0.25) is 0 Å². The van der Waals surface area contributed by atoms with E-state index >= 15 is 0 Å². The van der Waals surface area contributed by atoms with Crippen LogP contribution in [-0.4, -0.2) is 25.5 Å². The Morgan fingerprint density at radius 2 is 2.17 bits per heavy atom. The van der Waals surface area contributed by atoms with Crippen molar-refractivity contribution in [1.82, 2.24) is 10.6 Å². The molecule has 0 atom stereocenters. The molecule has 1 aliphatic rings. The third kappa shape index (κ3) is 2.49. The standard InChI is InChI=1S/C13H14N2O2.ClH/c16-13(15-8-9-6-14-7-9)12-5-10-3-1-2-4-11(10)17-12;/h1-5,9,14H,6-8H2,(H,15,16);1H. The maximum Gasteiger partial charge on any atom is 0.287 e. The van der Waals surface area contributed by atoms with Crippen molar-refractivity contribution < 1.29 is 9.21 Å². The minimum absolute atomic E-state index is 0. The monoisotopic (exact) mass is 266 g/mol. The fraction of sp³-hybridized carbons (Fsp3) is 0.308. The zero-order valence-corrected chi connectivity index (χ0v) is 10.6. The zero-order chi connectivity index (χ0) is 11.7. The van der Waals surface area contributed by atoms with Gasteiger partial charge in [0.15, 0.2) is 5.76 Å². The summed E-state index contributed by atoms with van der Waals surface area (Å²) >= 11 is 0. The van der Waals surface area contributed by atoms with Gasteiger partial charge in [-0.15, -0.1) is 12.4 Å². The van der Waals surface area contributed by atoms with Crippen molar-refractivity contribution in [3.05, 3.63) is 36.1 Å². The highest BCUT2D eigenvalue weighted by Crippen LogP contribution is 2.18. The van der Waals surface area contributed by atoms with Crippen LogP contribution in [0.2, 0.25) is 0 Å². The van der Waals surface area contributed by atoms with E-state index in [9.17, 15) is 4.79 Å². The Kier molecular flexibility index (Phi) is 3.89. The Morgan fingerprint density at radius 1 is 1.39 bits per heavy atom. The van der Waals surface area contributed by atoms with E-state index in [1.165, 1.54) is 0 Å². The van der Waals surface area contributed by atoms with Crippen molar-refractivity contribution in [2.45, 2.75) is 0 Å². The van der Waals surface area contributed by atoms with E-state index in [1.54, 1.807) is 6.07 Å². The second-order valence-corrected chi connectivity index (χ2v) is 4.38. The average Bonchev–Trinajstić information content (AvgIpc) is 2.70. The summed E-state index contributed by atoms with van der Waals surface area (Å²) in [5.41, 5.74) is 0.753. The average molecular weight is 267 g/mol. The minimum atomic E-state index is -0.131. The molecule has 2 N–H and O–H groups in total. The molecule has 0 saturated carbocycles. The molecule has 0 bridgehead atoms. The van der Waals surface area contributed by atoms with Gasteiger partial charge >= 0.3 is 0 Å². The SMILES string of the molecule is Cl.O=C(NCC1CNC1)c1cc2ccccc2o1. The predicted molar refractivity (Wildman–Crippen MR) is 72.2 cm³/mol. The van der Waals surface area contributed by atoms with E-state index in [0.29, 0.717) is 18.2 Å². The van der Waals surface area contributed by atoms with Gasteiger partial charge in [-0.25, -0.2) is 0 Å². The maximum atomic E-state index is 11.8. The number of fused-ring (bicyclic) bond motifs is 1. The van der Waals surface area contributed by atoms with E-state index < -0.39 is 0 Å². The summed E-state index contributed by atoms with van der Waals surface area (Å²) in [6.07, 6.45) is 0. The summed E-state index contributed by atoms with van der Waals surface area (Å²) in [4.78, 5) is 11.8. The van der Waals surface area contributed by atoms with Gasteiger partial charge in [-0.1, -0.05) is 18.2 Å². The Labute approximate surface area is 111 Å². The van der Waals surface area contributed by atoms with Crippen LogP contribution in [0.25, 0.3) is 11.0 Å². The summed E-state index contributed by atoms with van der Waals surface area (Å²) in [7, 11) is 0. The van der Waals surface area contributed by atoms with Gasteiger partial charge in [-0.2, -0.15) is 0 Å². The molecule has 1 saturated heterocycles. The van der Waals surface area contributed by atoms with Gasteiger partial charge in [-0.05, 0) is 12.1 Å². The van der Waals surface area contributed by atoms with Crippen LogP contribution in [0.4, 0.5) is 0 Å². The number of furan rings is 1. The molecule has 2 heterocycles. The lowest BCUT2D eigenvalue weighted by Gasteiger charge is -2.26. The lowest BCUT2D eigenvalue weighted by atomic mass is 10.0. The highest BCUT2D eigenvalue weighted by Gasteiger charge is 2.18. The summed E-state index contributed by atoms with van der Waals surface area (Å²) in [5.74, 6) is 0.815. The third-order valence-corrected chi connectivity index (χ3v) is 3.07. The maximum absolute atomic E-state index is 11.8. The molecule has 1 aromatic heterocycles. The molecule has 0 radical (unpaired) electrons. The predicted octanol–water partition coefficient (Wildman–Crippen LogP) is 1.80. The topological polar surface area (TPSA) is 54.3 Å². The van der Waals surface area contributed by atoms with Crippen LogP contribution >= 0.6 is 12.4 Å². The normalized spacial score (nSPS) is 14.9. The second-order valence-electron chi connectivity index (χ2n) is 4.38. The van der Waals surface area contributed by atoms with Crippen molar-refractivity contribution in [1.29, 1.82) is 0 Å². The zero-order valence-electron chi connectivity index (χ0n) is 9.81. The smallest absolute Gasteiger partial charge is 0.287 e. The van der Waals surface area contributed by atoms with Gasteiger partial charge < -0.3 is 15.1 Å². The van der Waals surface area contributed by atoms with E-state index in [2.05, 4.69) is 10.6 Å². The van der Waals surface area contributed by atoms with E-state index in [-0.39, 0.29) is 18.3 Å². The molecule has 1 aromatic carbocycles. The molecule has 0 spiro atoms. The first-order valence-electron chi connectivity index (χ1n) is 5.80. The van der Waals surface area contributed by atoms with Crippen molar-refractivity contribution in [3.8, 4) is 0 Å². The van der Waals surface area contributed by atoms with Crippen LogP contribution in [0.5, 0.6) is 0 Å². The first-order valence-corrected chi connectivity index (χ1v) is 5.80. The highest BCUT2D eigenvalue weighted by atomic mass is 35.5. The third-order valence-electron chi connectivity index (χ3n) is 3.07. The van der Waals surface area contributed by atoms with Crippen LogP contribution in [0, 0.1) is 5.92 Å². The minimum Gasteiger partial charge on any atom is -0.451 e. The Hall–Kier alpha value is -1.52. The van der Waals surface area contributed by atoms with Gasteiger partial charge in [0.05, 0.1) is 0 Å². The van der Waals surface area contributed by atoms with Crippen molar-refractivity contribution >= 4 is 29.3 Å².